The smallest absolute Gasteiger partial charge is 0.255 e. The minimum Gasteiger partial charge on any atom is -0.490 e. The van der Waals surface area contributed by atoms with Crippen LogP contribution in [0.2, 0.25) is 0 Å². The van der Waals surface area contributed by atoms with Crippen molar-refractivity contribution < 1.29 is 19.1 Å². The summed E-state index contributed by atoms with van der Waals surface area (Å²) in [5.74, 6) is 1.10. The third kappa shape index (κ3) is 4.93. The van der Waals surface area contributed by atoms with Crippen molar-refractivity contribution in [3.8, 4) is 11.5 Å². The van der Waals surface area contributed by atoms with Gasteiger partial charge < -0.3 is 19.7 Å². The van der Waals surface area contributed by atoms with Gasteiger partial charge in [-0.05, 0) is 61.7 Å². The molecule has 1 heterocycles. The molecule has 0 fully saturated rings. The molecule has 0 unspecified atom stereocenters. The third-order valence-corrected chi connectivity index (χ3v) is 5.09. The highest BCUT2D eigenvalue weighted by atomic mass is 16.5. The number of fused-ring (bicyclic) bond motifs is 1. The van der Waals surface area contributed by atoms with E-state index in [-0.39, 0.29) is 17.7 Å². The number of ether oxygens (including phenoxy) is 2. The first kappa shape index (κ1) is 21.7. The Kier molecular flexibility index (Phi) is 6.98. The Morgan fingerprint density at radius 3 is 2.43 bits per heavy atom. The standard InChI is InChI=1S/C24H30N2O4/c1-5-29-21-10-8-18(14-22(21)30-6-2)23(27)25-20-9-7-17-11-12-26(15-19(17)13-20)24(28)16(3)4/h7-10,13-14,16H,5-6,11-12,15H2,1-4H3,(H,25,27). The van der Waals surface area contributed by atoms with Gasteiger partial charge in [-0.2, -0.15) is 0 Å². The molecule has 0 atom stereocenters. The lowest BCUT2D eigenvalue weighted by molar-refractivity contribution is -0.135. The Balaban J connectivity index is 1.76. The molecular formula is C24H30N2O4. The Bertz CT molecular complexity index is 923. The Morgan fingerprint density at radius 2 is 1.73 bits per heavy atom. The van der Waals surface area contributed by atoms with Gasteiger partial charge in [-0.1, -0.05) is 19.9 Å². The summed E-state index contributed by atoms with van der Waals surface area (Å²) in [6.45, 7) is 9.96. The van der Waals surface area contributed by atoms with Crippen LogP contribution in [0.25, 0.3) is 0 Å². The molecule has 3 rings (SSSR count). The molecule has 0 saturated carbocycles. The van der Waals surface area contributed by atoms with Gasteiger partial charge in [0.05, 0.1) is 13.2 Å². The van der Waals surface area contributed by atoms with Crippen LogP contribution in [0.4, 0.5) is 5.69 Å². The minimum atomic E-state index is -0.218. The number of carbonyl (C=O) groups is 2. The molecule has 0 spiro atoms. The van der Waals surface area contributed by atoms with Crippen LogP contribution in [0.1, 0.15) is 49.2 Å². The number of nitrogens with zero attached hydrogens (tertiary/aromatic N) is 1. The number of nitrogens with one attached hydrogen (secondary N) is 1. The van der Waals surface area contributed by atoms with Gasteiger partial charge >= 0.3 is 0 Å². The van der Waals surface area contributed by atoms with Crippen molar-refractivity contribution in [2.75, 3.05) is 25.1 Å². The van der Waals surface area contributed by atoms with Crippen molar-refractivity contribution in [3.63, 3.8) is 0 Å². The summed E-state index contributed by atoms with van der Waals surface area (Å²) in [7, 11) is 0. The van der Waals surface area contributed by atoms with E-state index in [1.165, 1.54) is 5.56 Å². The van der Waals surface area contributed by atoms with Gasteiger partial charge in [0, 0.05) is 30.3 Å². The van der Waals surface area contributed by atoms with Gasteiger partial charge in [0.1, 0.15) is 0 Å². The quantitative estimate of drug-likeness (QED) is 0.740. The van der Waals surface area contributed by atoms with E-state index in [0.29, 0.717) is 42.5 Å². The third-order valence-electron chi connectivity index (χ3n) is 5.09. The lowest BCUT2D eigenvalue weighted by Gasteiger charge is -2.30. The van der Waals surface area contributed by atoms with E-state index >= 15 is 0 Å². The molecule has 1 aliphatic heterocycles. The largest absolute Gasteiger partial charge is 0.490 e. The van der Waals surface area contributed by atoms with Gasteiger partial charge in [0.25, 0.3) is 5.91 Å². The van der Waals surface area contributed by atoms with Crippen LogP contribution in [0, 0.1) is 5.92 Å². The number of benzene rings is 2. The van der Waals surface area contributed by atoms with Crippen LogP contribution in [-0.4, -0.2) is 36.5 Å². The summed E-state index contributed by atoms with van der Waals surface area (Å²) in [6.07, 6.45) is 0.832. The zero-order valence-electron chi connectivity index (χ0n) is 18.2. The van der Waals surface area contributed by atoms with Crippen LogP contribution in [0.3, 0.4) is 0 Å². The number of rotatable bonds is 7. The van der Waals surface area contributed by atoms with E-state index in [1.807, 2.05) is 50.8 Å². The average Bonchev–Trinajstić information content (AvgIpc) is 2.74. The van der Waals surface area contributed by atoms with Gasteiger partial charge in [0.2, 0.25) is 5.91 Å². The maximum Gasteiger partial charge on any atom is 0.255 e. The Labute approximate surface area is 178 Å². The predicted octanol–water partition coefficient (Wildman–Crippen LogP) is 4.28. The van der Waals surface area contributed by atoms with E-state index in [2.05, 4.69) is 5.32 Å². The molecule has 2 aromatic rings. The molecule has 160 valence electrons. The van der Waals surface area contributed by atoms with Crippen molar-refractivity contribution in [1.82, 2.24) is 4.90 Å². The minimum absolute atomic E-state index is 0.0198. The van der Waals surface area contributed by atoms with Crippen LogP contribution >= 0.6 is 0 Å². The molecule has 0 aliphatic carbocycles. The fraction of sp³-hybridized carbons (Fsp3) is 0.417. The second-order valence-electron chi connectivity index (χ2n) is 7.63. The molecule has 6 heteroatoms. The number of hydrogen-bond acceptors (Lipinski definition) is 4. The predicted molar refractivity (Wildman–Crippen MR) is 117 cm³/mol. The van der Waals surface area contributed by atoms with Gasteiger partial charge in [-0.3, -0.25) is 9.59 Å². The van der Waals surface area contributed by atoms with Crippen LogP contribution in [0.5, 0.6) is 11.5 Å². The van der Waals surface area contributed by atoms with Gasteiger partial charge in [-0.15, -0.1) is 0 Å². The second-order valence-corrected chi connectivity index (χ2v) is 7.63. The molecular weight excluding hydrogens is 380 g/mol. The van der Waals surface area contributed by atoms with E-state index in [1.54, 1.807) is 18.2 Å². The van der Waals surface area contributed by atoms with Crippen molar-refractivity contribution in [1.29, 1.82) is 0 Å². The first-order valence-electron chi connectivity index (χ1n) is 10.5. The first-order valence-corrected chi connectivity index (χ1v) is 10.5. The lowest BCUT2D eigenvalue weighted by Crippen LogP contribution is -2.38. The Hall–Kier alpha value is -3.02. The van der Waals surface area contributed by atoms with Crippen molar-refractivity contribution in [2.45, 2.75) is 40.7 Å². The summed E-state index contributed by atoms with van der Waals surface area (Å²) in [4.78, 5) is 27.0. The van der Waals surface area contributed by atoms with E-state index in [0.717, 1.165) is 18.5 Å². The van der Waals surface area contributed by atoms with Gasteiger partial charge in [-0.25, -0.2) is 0 Å². The number of carbonyl (C=O) groups excluding carboxylic acids is 2. The monoisotopic (exact) mass is 410 g/mol. The number of anilines is 1. The van der Waals surface area contributed by atoms with Crippen molar-refractivity contribution in [2.24, 2.45) is 5.92 Å². The summed E-state index contributed by atoms with van der Waals surface area (Å²) in [5, 5.41) is 2.96. The van der Waals surface area contributed by atoms with E-state index < -0.39 is 0 Å². The molecule has 0 saturated heterocycles. The zero-order chi connectivity index (χ0) is 21.7. The molecule has 0 bridgehead atoms. The van der Waals surface area contributed by atoms with Crippen molar-refractivity contribution >= 4 is 17.5 Å². The van der Waals surface area contributed by atoms with Gasteiger partial charge in [0.15, 0.2) is 11.5 Å². The number of hydrogen-bond donors (Lipinski definition) is 1. The second kappa shape index (κ2) is 9.65. The fourth-order valence-corrected chi connectivity index (χ4v) is 3.58. The molecule has 2 aromatic carbocycles. The molecule has 0 aromatic heterocycles. The maximum atomic E-state index is 12.8. The summed E-state index contributed by atoms with van der Waals surface area (Å²) in [6, 6.07) is 11.1. The SMILES string of the molecule is CCOc1ccc(C(=O)Nc2ccc3c(c2)CN(C(=O)C(C)C)CC3)cc1OCC. The fourth-order valence-electron chi connectivity index (χ4n) is 3.58. The van der Waals surface area contributed by atoms with Crippen LogP contribution < -0.4 is 14.8 Å². The topological polar surface area (TPSA) is 67.9 Å². The molecule has 0 radical (unpaired) electrons. The highest BCUT2D eigenvalue weighted by molar-refractivity contribution is 6.04. The molecule has 6 nitrogen and oxygen atoms in total. The highest BCUT2D eigenvalue weighted by Crippen LogP contribution is 2.29. The average molecular weight is 411 g/mol. The molecule has 1 N–H and O–H groups in total. The van der Waals surface area contributed by atoms with E-state index in [9.17, 15) is 9.59 Å². The molecule has 30 heavy (non-hydrogen) atoms. The number of amides is 2. The zero-order valence-corrected chi connectivity index (χ0v) is 18.2. The molecule has 1 aliphatic rings. The molecule has 2 amide bonds. The normalized spacial score (nSPS) is 13.0. The maximum absolute atomic E-state index is 12.8. The Morgan fingerprint density at radius 1 is 1.00 bits per heavy atom. The summed E-state index contributed by atoms with van der Waals surface area (Å²) >= 11 is 0. The van der Waals surface area contributed by atoms with Crippen LogP contribution in [-0.2, 0) is 17.8 Å². The summed E-state index contributed by atoms with van der Waals surface area (Å²) in [5.41, 5.74) is 3.51. The van der Waals surface area contributed by atoms with Crippen molar-refractivity contribution in [3.05, 3.63) is 53.1 Å². The lowest BCUT2D eigenvalue weighted by atomic mass is 9.98. The highest BCUT2D eigenvalue weighted by Gasteiger charge is 2.23. The first-order chi connectivity index (χ1) is 14.4. The van der Waals surface area contributed by atoms with E-state index in [4.69, 9.17) is 9.47 Å². The van der Waals surface area contributed by atoms with Crippen LogP contribution in [0.15, 0.2) is 36.4 Å². The summed E-state index contributed by atoms with van der Waals surface area (Å²) < 4.78 is 11.2.